The molecule has 0 fully saturated rings. The number of carbonyl (C=O) groups is 1. The zero-order chi connectivity index (χ0) is 16.6. The Morgan fingerprint density at radius 3 is 2.50 bits per heavy atom. The second-order valence-electron chi connectivity index (χ2n) is 5.95. The average Bonchev–Trinajstić information content (AvgIpc) is 2.52. The summed E-state index contributed by atoms with van der Waals surface area (Å²) in [6, 6.07) is 8.04. The summed E-state index contributed by atoms with van der Waals surface area (Å²) in [4.78, 5) is 12.4. The van der Waals surface area contributed by atoms with E-state index in [0.717, 1.165) is 25.7 Å². The van der Waals surface area contributed by atoms with Gasteiger partial charge in [-0.3, -0.25) is 0 Å². The summed E-state index contributed by atoms with van der Waals surface area (Å²) in [6.07, 6.45) is 5.30. The molecule has 0 heterocycles. The molecule has 1 unspecified atom stereocenters. The summed E-state index contributed by atoms with van der Waals surface area (Å²) in [5.41, 5.74) is -1.16. The topological polar surface area (TPSA) is 70.3 Å². The number of nitriles is 1. The lowest BCUT2D eigenvalue weighted by atomic mass is 9.76. The lowest BCUT2D eigenvalue weighted by molar-refractivity contribution is -0.144. The fourth-order valence-corrected chi connectivity index (χ4v) is 2.25. The van der Waals surface area contributed by atoms with Gasteiger partial charge in [0.25, 0.3) is 0 Å². The fourth-order valence-electron chi connectivity index (χ4n) is 2.25. The van der Waals surface area contributed by atoms with Crippen molar-refractivity contribution in [2.75, 3.05) is 0 Å². The number of carbonyl (C=O) groups excluding carboxylic acids is 1. The third-order valence-corrected chi connectivity index (χ3v) is 4.18. The van der Waals surface area contributed by atoms with Gasteiger partial charge in [-0.15, -0.1) is 0 Å². The van der Waals surface area contributed by atoms with Crippen LogP contribution in [0.3, 0.4) is 0 Å². The zero-order valence-corrected chi connectivity index (χ0v) is 13.6. The molecule has 4 nitrogen and oxygen atoms in total. The number of hydrogen-bond donors (Lipinski definition) is 1. The molecule has 22 heavy (non-hydrogen) atoms. The number of esters is 1. The van der Waals surface area contributed by atoms with Crippen LogP contribution in [-0.4, -0.2) is 11.1 Å². The minimum Gasteiger partial charge on any atom is -0.508 e. The zero-order valence-electron chi connectivity index (χ0n) is 13.6. The number of nitrogens with zero attached hydrogens (tertiary/aromatic N) is 1. The van der Waals surface area contributed by atoms with Crippen molar-refractivity contribution in [1.82, 2.24) is 0 Å². The number of benzene rings is 1. The number of aromatic hydroxyl groups is 1. The first-order valence-electron chi connectivity index (χ1n) is 7.86. The van der Waals surface area contributed by atoms with Crippen molar-refractivity contribution >= 4 is 5.97 Å². The molecule has 120 valence electrons. The van der Waals surface area contributed by atoms with Crippen LogP contribution in [0.25, 0.3) is 0 Å². The largest absolute Gasteiger partial charge is 0.508 e. The van der Waals surface area contributed by atoms with Gasteiger partial charge in [0, 0.05) is 0 Å². The molecule has 1 rings (SSSR count). The Balaban J connectivity index is 2.68. The van der Waals surface area contributed by atoms with Gasteiger partial charge >= 0.3 is 5.97 Å². The smallest absolute Gasteiger partial charge is 0.331 e. The van der Waals surface area contributed by atoms with E-state index in [1.807, 2.05) is 6.92 Å². The summed E-state index contributed by atoms with van der Waals surface area (Å²) in [6.45, 7) is 5.71. The Labute approximate surface area is 132 Å². The predicted octanol–water partition coefficient (Wildman–Crippen LogP) is 4.43. The van der Waals surface area contributed by atoms with E-state index < -0.39 is 11.4 Å². The van der Waals surface area contributed by atoms with Gasteiger partial charge < -0.3 is 9.84 Å². The molecule has 0 spiro atoms. The molecule has 4 heteroatoms. The van der Waals surface area contributed by atoms with Gasteiger partial charge in [-0.25, -0.2) is 4.79 Å². The highest BCUT2D eigenvalue weighted by molar-refractivity contribution is 5.82. The molecule has 0 aromatic heterocycles. The quantitative estimate of drug-likeness (QED) is 0.438. The molecule has 0 saturated carbocycles. The number of rotatable bonds is 8. The van der Waals surface area contributed by atoms with E-state index in [2.05, 4.69) is 13.0 Å². The molecule has 0 amide bonds. The van der Waals surface area contributed by atoms with E-state index in [0.29, 0.717) is 5.75 Å². The first-order valence-corrected chi connectivity index (χ1v) is 7.86. The Morgan fingerprint density at radius 2 is 1.95 bits per heavy atom. The first-order chi connectivity index (χ1) is 10.4. The molecule has 0 bridgehead atoms. The minimum atomic E-state index is -1.16. The summed E-state index contributed by atoms with van der Waals surface area (Å²) >= 11 is 0. The van der Waals surface area contributed by atoms with E-state index in [9.17, 15) is 15.2 Å². The van der Waals surface area contributed by atoms with Crippen molar-refractivity contribution in [3.8, 4) is 17.6 Å². The van der Waals surface area contributed by atoms with E-state index in [-0.39, 0.29) is 11.7 Å². The minimum absolute atomic E-state index is 0.0704. The van der Waals surface area contributed by atoms with Crippen molar-refractivity contribution in [2.45, 2.75) is 52.9 Å². The third-order valence-electron chi connectivity index (χ3n) is 4.18. The van der Waals surface area contributed by atoms with Crippen LogP contribution in [0, 0.1) is 22.7 Å². The maximum atomic E-state index is 12.4. The average molecular weight is 303 g/mol. The molecule has 0 aliphatic rings. The monoisotopic (exact) mass is 303 g/mol. The highest BCUT2D eigenvalue weighted by Crippen LogP contribution is 2.33. The normalized spacial score (nSPS) is 14.6. The van der Waals surface area contributed by atoms with Crippen LogP contribution < -0.4 is 4.74 Å². The number of phenols is 1. The van der Waals surface area contributed by atoms with Gasteiger partial charge in [-0.1, -0.05) is 39.5 Å². The number of hydrogen-bond acceptors (Lipinski definition) is 4. The van der Waals surface area contributed by atoms with Gasteiger partial charge in [0.2, 0.25) is 0 Å². The molecule has 1 aromatic rings. The van der Waals surface area contributed by atoms with E-state index in [1.165, 1.54) is 30.7 Å². The first kappa shape index (κ1) is 18.0. The van der Waals surface area contributed by atoms with Crippen molar-refractivity contribution < 1.29 is 14.6 Å². The predicted molar refractivity (Wildman–Crippen MR) is 85.4 cm³/mol. The molecule has 0 radical (unpaired) electrons. The number of ether oxygens (including phenoxy) is 1. The van der Waals surface area contributed by atoms with Crippen LogP contribution >= 0.6 is 0 Å². The summed E-state index contributed by atoms with van der Waals surface area (Å²) in [7, 11) is 0. The maximum Gasteiger partial charge on any atom is 0.331 e. The standard InChI is InChI=1S/C18H25NO3/c1-4-5-6-7-8-14(2)18(3,13-19)17(21)22-16-11-9-15(20)10-12-16/h9-12,14,20H,4-8H2,1-3H3/t14-,18?/m1/s1. The van der Waals surface area contributed by atoms with Gasteiger partial charge in [0.15, 0.2) is 5.41 Å². The van der Waals surface area contributed by atoms with Gasteiger partial charge in [-0.05, 0) is 43.5 Å². The second-order valence-corrected chi connectivity index (χ2v) is 5.95. The van der Waals surface area contributed by atoms with Gasteiger partial charge in [0.05, 0.1) is 6.07 Å². The third kappa shape index (κ3) is 4.77. The number of phenolic OH excluding ortho intramolecular Hbond substituents is 1. The van der Waals surface area contributed by atoms with Gasteiger partial charge in [-0.2, -0.15) is 5.26 Å². The fraction of sp³-hybridized carbons (Fsp3) is 0.556. The molecule has 2 atom stereocenters. The Morgan fingerprint density at radius 1 is 1.32 bits per heavy atom. The highest BCUT2D eigenvalue weighted by atomic mass is 16.5. The lowest BCUT2D eigenvalue weighted by Gasteiger charge is -2.26. The summed E-state index contributed by atoms with van der Waals surface area (Å²) < 4.78 is 5.30. The summed E-state index contributed by atoms with van der Waals surface area (Å²) in [5.74, 6) is -0.169. The van der Waals surface area contributed by atoms with Crippen LogP contribution in [0.5, 0.6) is 11.5 Å². The van der Waals surface area contributed by atoms with Crippen molar-refractivity contribution in [1.29, 1.82) is 5.26 Å². The molecule has 0 aliphatic heterocycles. The van der Waals surface area contributed by atoms with Crippen LogP contribution in [-0.2, 0) is 4.79 Å². The Bertz CT molecular complexity index is 518. The van der Waals surface area contributed by atoms with Crippen molar-refractivity contribution in [3.63, 3.8) is 0 Å². The van der Waals surface area contributed by atoms with Crippen molar-refractivity contribution in [3.05, 3.63) is 24.3 Å². The van der Waals surface area contributed by atoms with Crippen molar-refractivity contribution in [2.24, 2.45) is 11.3 Å². The van der Waals surface area contributed by atoms with Crippen LogP contribution in [0.1, 0.15) is 52.9 Å². The van der Waals surface area contributed by atoms with Crippen LogP contribution in [0.15, 0.2) is 24.3 Å². The lowest BCUT2D eigenvalue weighted by Crippen LogP contribution is -2.36. The molecular formula is C18H25NO3. The molecule has 1 N–H and O–H groups in total. The number of unbranched alkanes of at least 4 members (excludes halogenated alkanes) is 3. The molecule has 0 saturated heterocycles. The Kier molecular flexibility index (Phi) is 6.91. The van der Waals surface area contributed by atoms with E-state index in [4.69, 9.17) is 4.74 Å². The van der Waals surface area contributed by atoms with E-state index >= 15 is 0 Å². The SMILES string of the molecule is CCCCCC[C@@H](C)C(C)(C#N)C(=O)Oc1ccc(O)cc1. The van der Waals surface area contributed by atoms with E-state index in [1.54, 1.807) is 6.92 Å². The second kappa shape index (κ2) is 8.43. The Hall–Kier alpha value is -2.02. The molecule has 1 aromatic carbocycles. The van der Waals surface area contributed by atoms with Gasteiger partial charge in [0.1, 0.15) is 11.5 Å². The summed E-state index contributed by atoms with van der Waals surface area (Å²) in [5, 5.41) is 18.7. The molecule has 0 aliphatic carbocycles. The van der Waals surface area contributed by atoms with Crippen LogP contribution in [0.4, 0.5) is 0 Å². The highest BCUT2D eigenvalue weighted by Gasteiger charge is 2.40. The maximum absolute atomic E-state index is 12.4. The van der Waals surface area contributed by atoms with Crippen LogP contribution in [0.2, 0.25) is 0 Å². The molecular weight excluding hydrogens is 278 g/mol.